The summed E-state index contributed by atoms with van der Waals surface area (Å²) in [6, 6.07) is 11.7. The van der Waals surface area contributed by atoms with E-state index in [1.54, 1.807) is 0 Å². The molecule has 22 heavy (non-hydrogen) atoms. The fourth-order valence-corrected chi connectivity index (χ4v) is 2.99. The molecule has 0 bridgehead atoms. The molecule has 0 saturated heterocycles. The Morgan fingerprint density at radius 1 is 1.09 bits per heavy atom. The average Bonchev–Trinajstić information content (AvgIpc) is 2.50. The molecule has 4 heteroatoms. The fraction of sp³-hybridized carbons (Fsp3) is 0.278. The summed E-state index contributed by atoms with van der Waals surface area (Å²) < 4.78 is 1.01. The van der Waals surface area contributed by atoms with Crippen molar-refractivity contribution in [2.75, 3.05) is 5.32 Å². The van der Waals surface area contributed by atoms with Crippen LogP contribution in [0.1, 0.15) is 30.5 Å². The van der Waals surface area contributed by atoms with Gasteiger partial charge in [-0.05, 0) is 47.7 Å². The molecule has 0 spiro atoms. The number of aryl methyl sites for hydroxylation is 1. The minimum absolute atomic E-state index is 0.0195. The second-order valence-electron chi connectivity index (χ2n) is 5.12. The third-order valence-electron chi connectivity index (χ3n) is 3.62. The average molecular weight is 381 g/mol. The first-order chi connectivity index (χ1) is 10.5. The van der Waals surface area contributed by atoms with Gasteiger partial charge in [-0.25, -0.2) is 0 Å². The minimum atomic E-state index is -0.0195. The summed E-state index contributed by atoms with van der Waals surface area (Å²) in [5, 5.41) is 3.76. The van der Waals surface area contributed by atoms with Gasteiger partial charge in [-0.3, -0.25) is 4.79 Å². The van der Waals surface area contributed by atoms with Gasteiger partial charge < -0.3 is 5.32 Å². The highest BCUT2D eigenvalue weighted by Crippen LogP contribution is 2.29. The number of rotatable bonds is 5. The van der Waals surface area contributed by atoms with Gasteiger partial charge in [-0.1, -0.05) is 59.6 Å². The molecular weight excluding hydrogens is 362 g/mol. The standard InChI is InChI=1S/C18H19BrClNO/c1-3-13-7-10-16(20)15(4-2)18(13)21-17(22)11-12-5-8-14(19)9-6-12/h5-10H,3-4,11H2,1-2H3,(H,21,22). The third kappa shape index (κ3) is 4.11. The molecule has 1 N–H and O–H groups in total. The van der Waals surface area contributed by atoms with Crippen molar-refractivity contribution in [1.82, 2.24) is 0 Å². The van der Waals surface area contributed by atoms with Crippen LogP contribution in [0.5, 0.6) is 0 Å². The van der Waals surface area contributed by atoms with Crippen molar-refractivity contribution in [2.24, 2.45) is 0 Å². The molecule has 0 heterocycles. The molecule has 0 aromatic heterocycles. The quantitative estimate of drug-likeness (QED) is 0.738. The van der Waals surface area contributed by atoms with Crippen molar-refractivity contribution in [3.8, 4) is 0 Å². The number of nitrogens with one attached hydrogen (secondary N) is 1. The lowest BCUT2D eigenvalue weighted by molar-refractivity contribution is -0.115. The zero-order valence-electron chi connectivity index (χ0n) is 12.7. The minimum Gasteiger partial charge on any atom is -0.325 e. The smallest absolute Gasteiger partial charge is 0.228 e. The summed E-state index contributed by atoms with van der Waals surface area (Å²) >= 11 is 9.66. The first-order valence-corrected chi connectivity index (χ1v) is 8.56. The molecule has 0 unspecified atom stereocenters. The van der Waals surface area contributed by atoms with Crippen molar-refractivity contribution in [3.05, 3.63) is 62.6 Å². The Hall–Kier alpha value is -1.32. The summed E-state index contributed by atoms with van der Waals surface area (Å²) in [5.41, 5.74) is 3.98. The van der Waals surface area contributed by atoms with Gasteiger partial charge in [0.05, 0.1) is 6.42 Å². The zero-order valence-corrected chi connectivity index (χ0v) is 15.1. The molecule has 0 atom stereocenters. The molecule has 2 aromatic carbocycles. The van der Waals surface area contributed by atoms with Crippen molar-refractivity contribution in [3.63, 3.8) is 0 Å². The van der Waals surface area contributed by atoms with Crippen LogP contribution < -0.4 is 5.32 Å². The Morgan fingerprint density at radius 2 is 1.77 bits per heavy atom. The number of carbonyl (C=O) groups is 1. The highest BCUT2D eigenvalue weighted by Gasteiger charge is 2.13. The number of anilines is 1. The van der Waals surface area contributed by atoms with Crippen LogP contribution in [0.2, 0.25) is 5.02 Å². The Bertz CT molecular complexity index is 668. The van der Waals surface area contributed by atoms with Crippen LogP contribution in [-0.2, 0) is 24.1 Å². The van der Waals surface area contributed by atoms with Crippen molar-refractivity contribution in [2.45, 2.75) is 33.1 Å². The molecule has 116 valence electrons. The van der Waals surface area contributed by atoms with Crippen LogP contribution in [0, 0.1) is 0 Å². The predicted octanol–water partition coefficient (Wildman–Crippen LogP) is 5.41. The maximum absolute atomic E-state index is 12.3. The van der Waals surface area contributed by atoms with Gasteiger partial charge in [0, 0.05) is 15.2 Å². The molecule has 0 fully saturated rings. The molecule has 1 amide bonds. The van der Waals surface area contributed by atoms with Gasteiger partial charge in [-0.2, -0.15) is 0 Å². The molecule has 2 nitrogen and oxygen atoms in total. The third-order valence-corrected chi connectivity index (χ3v) is 4.50. The Labute approximate surface area is 145 Å². The Morgan fingerprint density at radius 3 is 2.36 bits per heavy atom. The van der Waals surface area contributed by atoms with E-state index >= 15 is 0 Å². The number of hydrogen-bond donors (Lipinski definition) is 1. The topological polar surface area (TPSA) is 29.1 Å². The van der Waals surface area contributed by atoms with E-state index in [-0.39, 0.29) is 5.91 Å². The maximum atomic E-state index is 12.3. The molecule has 2 rings (SSSR count). The second kappa shape index (κ2) is 7.80. The number of carbonyl (C=O) groups excluding carboxylic acids is 1. The largest absolute Gasteiger partial charge is 0.325 e. The van der Waals surface area contributed by atoms with E-state index in [1.165, 1.54) is 0 Å². The highest BCUT2D eigenvalue weighted by atomic mass is 79.9. The van der Waals surface area contributed by atoms with Crippen LogP contribution in [0.25, 0.3) is 0 Å². The number of benzene rings is 2. The summed E-state index contributed by atoms with van der Waals surface area (Å²) in [4.78, 5) is 12.3. The second-order valence-corrected chi connectivity index (χ2v) is 6.44. The van der Waals surface area contributed by atoms with E-state index in [1.807, 2.05) is 43.3 Å². The van der Waals surface area contributed by atoms with Gasteiger partial charge in [0.1, 0.15) is 0 Å². The first kappa shape index (κ1) is 17.0. The molecule has 2 aromatic rings. The molecule has 0 aliphatic rings. The van der Waals surface area contributed by atoms with E-state index in [0.29, 0.717) is 11.4 Å². The Kier molecular flexibility index (Phi) is 6.04. The van der Waals surface area contributed by atoms with Gasteiger partial charge in [0.2, 0.25) is 5.91 Å². The normalized spacial score (nSPS) is 10.5. The zero-order chi connectivity index (χ0) is 16.1. The van der Waals surface area contributed by atoms with E-state index in [2.05, 4.69) is 28.2 Å². The van der Waals surface area contributed by atoms with Crippen LogP contribution in [0.3, 0.4) is 0 Å². The van der Waals surface area contributed by atoms with Gasteiger partial charge in [-0.15, -0.1) is 0 Å². The molecule has 0 aliphatic heterocycles. The lowest BCUT2D eigenvalue weighted by Gasteiger charge is -2.16. The summed E-state index contributed by atoms with van der Waals surface area (Å²) in [6.45, 7) is 4.12. The molecular formula is C18H19BrClNO. The predicted molar refractivity (Wildman–Crippen MR) is 96.7 cm³/mol. The van der Waals surface area contributed by atoms with Crippen LogP contribution >= 0.6 is 27.5 Å². The first-order valence-electron chi connectivity index (χ1n) is 7.39. The highest BCUT2D eigenvalue weighted by molar-refractivity contribution is 9.10. The summed E-state index contributed by atoms with van der Waals surface area (Å²) in [7, 11) is 0. The summed E-state index contributed by atoms with van der Waals surface area (Å²) in [5.74, 6) is -0.0195. The van der Waals surface area contributed by atoms with E-state index in [0.717, 1.165) is 39.7 Å². The maximum Gasteiger partial charge on any atom is 0.228 e. The molecule has 0 saturated carbocycles. The molecule has 0 radical (unpaired) electrons. The lowest BCUT2D eigenvalue weighted by atomic mass is 10.0. The van der Waals surface area contributed by atoms with E-state index < -0.39 is 0 Å². The Balaban J connectivity index is 2.20. The van der Waals surface area contributed by atoms with E-state index in [4.69, 9.17) is 11.6 Å². The SMILES string of the molecule is CCc1ccc(Cl)c(CC)c1NC(=O)Cc1ccc(Br)cc1. The van der Waals surface area contributed by atoms with Gasteiger partial charge >= 0.3 is 0 Å². The number of halogens is 2. The lowest BCUT2D eigenvalue weighted by Crippen LogP contribution is -2.17. The van der Waals surface area contributed by atoms with Gasteiger partial charge in [0.15, 0.2) is 0 Å². The monoisotopic (exact) mass is 379 g/mol. The van der Waals surface area contributed by atoms with Crippen molar-refractivity contribution in [1.29, 1.82) is 0 Å². The fourth-order valence-electron chi connectivity index (χ4n) is 2.44. The van der Waals surface area contributed by atoms with Crippen molar-refractivity contribution < 1.29 is 4.79 Å². The number of amides is 1. The van der Waals surface area contributed by atoms with Crippen LogP contribution in [0.4, 0.5) is 5.69 Å². The van der Waals surface area contributed by atoms with Crippen LogP contribution in [-0.4, -0.2) is 5.91 Å². The molecule has 0 aliphatic carbocycles. The number of hydrogen-bond acceptors (Lipinski definition) is 1. The van der Waals surface area contributed by atoms with Crippen LogP contribution in [0.15, 0.2) is 40.9 Å². The van der Waals surface area contributed by atoms with E-state index in [9.17, 15) is 4.79 Å². The summed E-state index contributed by atoms with van der Waals surface area (Å²) in [6.07, 6.45) is 2.00. The van der Waals surface area contributed by atoms with Gasteiger partial charge in [0.25, 0.3) is 0 Å². The van der Waals surface area contributed by atoms with Crippen molar-refractivity contribution >= 4 is 39.1 Å².